The summed E-state index contributed by atoms with van der Waals surface area (Å²) in [4.78, 5) is 25.7. The lowest BCUT2D eigenvalue weighted by Gasteiger charge is -2.25. The van der Waals surface area contributed by atoms with Crippen LogP contribution >= 0.6 is 0 Å². The number of rotatable bonds is 20. The number of fused-ring (bicyclic) bond motifs is 8. The summed E-state index contributed by atoms with van der Waals surface area (Å²) >= 11 is 0. The Bertz CT molecular complexity index is 6520. The van der Waals surface area contributed by atoms with Crippen molar-refractivity contribution in [3.8, 4) is 78.3 Å². The summed E-state index contributed by atoms with van der Waals surface area (Å²) in [7, 11) is 3.45. The quantitative estimate of drug-likeness (QED) is 0.0740. The highest BCUT2D eigenvalue weighted by Gasteiger charge is 2.30. The minimum Gasteiger partial charge on any atom is -0.497 e. The molecule has 0 aliphatic carbocycles. The van der Waals surface area contributed by atoms with Crippen LogP contribution in [0.3, 0.4) is 0 Å². The summed E-state index contributed by atoms with van der Waals surface area (Å²) in [5.41, 5.74) is 37.6. The Morgan fingerprint density at radius 1 is 0.262 bits per heavy atom. The number of aromatic nitrogens is 4. The van der Waals surface area contributed by atoms with Gasteiger partial charge >= 0.3 is 0 Å². The van der Waals surface area contributed by atoms with Crippen molar-refractivity contribution in [2.75, 3.05) is 24.0 Å². The van der Waals surface area contributed by atoms with Gasteiger partial charge in [0.25, 0.3) is 0 Å². The van der Waals surface area contributed by atoms with Crippen molar-refractivity contribution in [2.45, 2.75) is 27.7 Å². The van der Waals surface area contributed by atoms with Crippen molar-refractivity contribution >= 4 is 104 Å². The van der Waals surface area contributed by atoms with E-state index in [1.165, 1.54) is 0 Å². The highest BCUT2D eigenvalue weighted by Crippen LogP contribution is 2.50. The molecule has 8 nitrogen and oxygen atoms in total. The number of aromatic amines is 2. The third kappa shape index (κ3) is 15.3. The predicted molar refractivity (Wildman–Crippen MR) is 513 cm³/mol. The lowest BCUT2D eigenvalue weighted by Crippen LogP contribution is -2.09. The van der Waals surface area contributed by atoms with E-state index in [1.54, 1.807) is 14.2 Å². The van der Waals surface area contributed by atoms with Crippen LogP contribution < -0.4 is 19.3 Å². The lowest BCUT2D eigenvalue weighted by atomic mass is 9.91. The molecule has 2 N–H and O–H groups in total. The minimum atomic E-state index is 0.741. The van der Waals surface area contributed by atoms with E-state index < -0.39 is 0 Å². The zero-order valence-electron chi connectivity index (χ0n) is 68.9. The Morgan fingerprint density at radius 3 is 0.869 bits per heavy atom. The molecule has 17 aromatic rings. The minimum absolute atomic E-state index is 0.741. The number of H-pyrrole nitrogens is 2. The molecule has 19 rings (SSSR count). The maximum Gasteiger partial charge on any atom is 0.118 e. The van der Waals surface area contributed by atoms with Crippen molar-refractivity contribution in [2.24, 2.45) is 0 Å². The molecule has 2 aliphatic rings. The number of nitrogens with zero attached hydrogens (tertiary/aromatic N) is 4. The molecule has 14 aromatic carbocycles. The fourth-order valence-electron chi connectivity index (χ4n) is 17.2. The van der Waals surface area contributed by atoms with Gasteiger partial charge in [-0.25, -0.2) is 9.97 Å². The number of para-hydroxylation sites is 4. The Balaban J connectivity index is 0.888. The third-order valence-electron chi connectivity index (χ3n) is 23.3. The zero-order chi connectivity index (χ0) is 82.6. The largest absolute Gasteiger partial charge is 0.497 e. The monoisotopic (exact) mass is 1570 g/mol. The summed E-state index contributed by atoms with van der Waals surface area (Å²) in [5.74, 6) is 1.48. The molecule has 0 atom stereocenters. The molecular formula is C114H88N6O2. The first-order valence-corrected chi connectivity index (χ1v) is 41.5. The molecule has 0 amide bonds. The SMILES string of the molecule is COc1ccc(-c2c3nc(c(-c4cc(C)c(/C=C/c5ccc(N(c6ccccc6)c6ccccc6)cc5)cc4C)c4cc(-c5ccccc5)c([nH]4)c(-c4ccc(OC)cc4)c4nc(c(-c5cc(C)c(/C=C/c6ccc(N(c7ccccc7)c7ccccc7)cc6)cc5C)c5cc(-c6ccccc6)c2[nH]5)C=C4c2ccccc2)C=C3c2ccccc2)cc1. The van der Waals surface area contributed by atoms with Gasteiger partial charge < -0.3 is 29.2 Å². The average Bonchev–Trinajstić information content (AvgIpc) is 1.57. The molecule has 0 spiro atoms. The second kappa shape index (κ2) is 33.8. The van der Waals surface area contributed by atoms with Gasteiger partial charge in [0.15, 0.2) is 0 Å². The van der Waals surface area contributed by atoms with Gasteiger partial charge in [0, 0.05) is 89.7 Å². The average molecular weight is 1570 g/mol. The topological polar surface area (TPSA) is 82.3 Å². The fraction of sp³-hybridized carbons (Fsp3) is 0.0526. The van der Waals surface area contributed by atoms with Crippen molar-refractivity contribution in [1.29, 1.82) is 0 Å². The van der Waals surface area contributed by atoms with Gasteiger partial charge in [0.2, 0.25) is 0 Å². The van der Waals surface area contributed by atoms with E-state index in [9.17, 15) is 0 Å². The number of anilines is 6. The summed E-state index contributed by atoms with van der Waals surface area (Å²) in [6.07, 6.45) is 13.6. The Kier molecular flexibility index (Phi) is 21.1. The standard InChI is InChI=1S/C114H88N6O2/c1-75-69-97(77(3)67-87(75)53-47-79-49-59-93(60-50-79)119(89-39-23-11-24-40-89)90-41-25-12-26-42-90)109-103-71-99(81-31-15-7-16-32-81)111(115-103)107(85-55-63-95(121-5)64-56-85)113-101(83-35-19-9-20-36-83)73-105(117-113)110(98-70-76(2)88(68-78(98)4)54-48-80-51-61-94(62-52-80)120(91-43-27-13-28-44-91)92-45-29-14-30-46-92)106-74-102(84-37-21-10-22-38-84)114(118-106)108(86-57-65-96(122-6)66-58-86)112-100(72-104(109)116-112)82-33-17-8-18-34-82/h7-74,115,118H,1-6H3/b53-47+,54-48+,109-103?,109-104?,110-105?,110-106?,111-107?,112-108?,113-107?,114-108?. The molecule has 8 heteroatoms. The molecule has 0 saturated carbocycles. The molecule has 3 aromatic heterocycles. The van der Waals surface area contributed by atoms with E-state index in [1.807, 2.05) is 0 Å². The van der Waals surface area contributed by atoms with Gasteiger partial charge in [-0.2, -0.15) is 0 Å². The number of ether oxygens (including phenoxy) is 2. The van der Waals surface area contributed by atoms with Gasteiger partial charge in [-0.1, -0.05) is 291 Å². The smallest absolute Gasteiger partial charge is 0.118 e. The summed E-state index contributed by atoms with van der Waals surface area (Å²) in [5, 5.41) is 0. The van der Waals surface area contributed by atoms with Crippen LogP contribution in [0.25, 0.3) is 136 Å². The van der Waals surface area contributed by atoms with Crippen LogP contribution in [-0.2, 0) is 0 Å². The first kappa shape index (κ1) is 76.3. The molecule has 5 heterocycles. The molecule has 122 heavy (non-hydrogen) atoms. The van der Waals surface area contributed by atoms with E-state index in [0.717, 1.165) is 224 Å². The van der Waals surface area contributed by atoms with Crippen molar-refractivity contribution in [1.82, 2.24) is 19.9 Å². The van der Waals surface area contributed by atoms with Gasteiger partial charge in [0.1, 0.15) is 11.5 Å². The van der Waals surface area contributed by atoms with E-state index in [-0.39, 0.29) is 0 Å². The molecule has 0 unspecified atom stereocenters. The molecule has 0 saturated heterocycles. The number of aryl methyl sites for hydroxylation is 4. The maximum atomic E-state index is 6.25. The number of benzene rings is 14. The highest BCUT2D eigenvalue weighted by atomic mass is 16.5. The zero-order valence-corrected chi connectivity index (χ0v) is 68.9. The normalized spacial score (nSPS) is 11.9. The van der Waals surface area contributed by atoms with E-state index in [2.05, 4.69) is 460 Å². The van der Waals surface area contributed by atoms with Gasteiger partial charge in [0.05, 0.1) is 48.0 Å². The highest BCUT2D eigenvalue weighted by molar-refractivity contribution is 6.12. The maximum absolute atomic E-state index is 6.25. The number of nitrogens with one attached hydrogen (secondary N) is 2. The van der Waals surface area contributed by atoms with Crippen molar-refractivity contribution in [3.63, 3.8) is 0 Å². The van der Waals surface area contributed by atoms with E-state index in [0.29, 0.717) is 0 Å². The summed E-state index contributed by atoms with van der Waals surface area (Å²) in [6, 6.07) is 134. The number of hydrogen-bond donors (Lipinski definition) is 2. The van der Waals surface area contributed by atoms with E-state index >= 15 is 0 Å². The van der Waals surface area contributed by atoms with Crippen LogP contribution in [-0.4, -0.2) is 34.2 Å². The molecule has 8 bridgehead atoms. The summed E-state index contributed by atoms with van der Waals surface area (Å²) < 4.78 is 12.0. The van der Waals surface area contributed by atoms with Crippen LogP contribution in [0.4, 0.5) is 34.1 Å². The molecule has 0 fully saturated rings. The number of methoxy groups -OCH3 is 2. The lowest BCUT2D eigenvalue weighted by molar-refractivity contribution is 0.415. The second-order valence-electron chi connectivity index (χ2n) is 31.1. The number of hydrogen-bond acceptors (Lipinski definition) is 6. The van der Waals surface area contributed by atoms with Crippen LogP contribution in [0, 0.1) is 27.7 Å². The Morgan fingerprint density at radius 2 is 0.557 bits per heavy atom. The van der Waals surface area contributed by atoms with Crippen LogP contribution in [0.1, 0.15) is 78.4 Å². The first-order chi connectivity index (χ1) is 60.0. The van der Waals surface area contributed by atoms with Gasteiger partial charge in [-0.05, 0) is 238 Å². The van der Waals surface area contributed by atoms with Crippen LogP contribution in [0.15, 0.2) is 376 Å². The molecular weight excluding hydrogens is 1490 g/mol. The van der Waals surface area contributed by atoms with Crippen LogP contribution in [0.5, 0.6) is 11.5 Å². The molecule has 0 radical (unpaired) electrons. The Hall–Kier alpha value is -15.6. The van der Waals surface area contributed by atoms with Gasteiger partial charge in [-0.3, -0.25) is 0 Å². The van der Waals surface area contributed by atoms with Crippen molar-refractivity contribution in [3.05, 3.63) is 455 Å². The third-order valence-corrected chi connectivity index (χ3v) is 23.3. The van der Waals surface area contributed by atoms with Crippen molar-refractivity contribution < 1.29 is 9.47 Å². The molecule has 2 aliphatic heterocycles. The predicted octanol–water partition coefficient (Wildman–Crippen LogP) is 30.0. The second-order valence-corrected chi connectivity index (χ2v) is 31.1. The fourth-order valence-corrected chi connectivity index (χ4v) is 17.2. The van der Waals surface area contributed by atoms with Gasteiger partial charge in [-0.15, -0.1) is 0 Å². The van der Waals surface area contributed by atoms with E-state index in [4.69, 9.17) is 19.4 Å². The van der Waals surface area contributed by atoms with Crippen LogP contribution in [0.2, 0.25) is 0 Å². The Labute approximate surface area is 713 Å². The summed E-state index contributed by atoms with van der Waals surface area (Å²) in [6.45, 7) is 8.93. The first-order valence-electron chi connectivity index (χ1n) is 41.5. The molecule has 586 valence electrons.